The van der Waals surface area contributed by atoms with Crippen molar-refractivity contribution in [2.75, 3.05) is 33.5 Å². The molecule has 1 aliphatic carbocycles. The Labute approximate surface area is 176 Å². The van der Waals surface area contributed by atoms with Crippen molar-refractivity contribution >= 4 is 5.91 Å². The Morgan fingerprint density at radius 1 is 1.17 bits per heavy atom. The molecule has 0 unspecified atom stereocenters. The van der Waals surface area contributed by atoms with Gasteiger partial charge >= 0.3 is 0 Å². The van der Waals surface area contributed by atoms with Gasteiger partial charge in [0.05, 0.1) is 11.3 Å². The van der Waals surface area contributed by atoms with E-state index in [-0.39, 0.29) is 11.3 Å². The van der Waals surface area contributed by atoms with Gasteiger partial charge in [0.15, 0.2) is 11.5 Å². The molecule has 1 saturated heterocycles. The van der Waals surface area contributed by atoms with E-state index in [2.05, 4.69) is 17.0 Å². The number of ether oxygens (including phenoxy) is 2. The van der Waals surface area contributed by atoms with Crippen LogP contribution in [-0.2, 0) is 18.5 Å². The molecule has 1 amide bonds. The van der Waals surface area contributed by atoms with E-state index in [1.165, 1.54) is 18.4 Å². The average Bonchev–Trinajstić information content (AvgIpc) is 3.25. The van der Waals surface area contributed by atoms with Gasteiger partial charge in [-0.1, -0.05) is 6.07 Å². The Morgan fingerprint density at radius 2 is 1.97 bits per heavy atom. The maximum absolute atomic E-state index is 12.8. The number of amides is 1. The number of nitrogens with zero attached hydrogens (tertiary/aromatic N) is 4. The third-order valence-corrected chi connectivity index (χ3v) is 7.18. The maximum atomic E-state index is 12.8. The molecule has 0 atom stereocenters. The summed E-state index contributed by atoms with van der Waals surface area (Å²) in [6.07, 6.45) is 6.65. The summed E-state index contributed by atoms with van der Waals surface area (Å²) in [6, 6.07) is 6.23. The summed E-state index contributed by atoms with van der Waals surface area (Å²) in [7, 11) is 1.93. The predicted octanol–water partition coefficient (Wildman–Crippen LogP) is 2.64. The van der Waals surface area contributed by atoms with E-state index in [0.717, 1.165) is 74.2 Å². The minimum Gasteiger partial charge on any atom is -0.454 e. The smallest absolute Gasteiger partial charge is 0.257 e. The molecule has 7 nitrogen and oxygen atoms in total. The van der Waals surface area contributed by atoms with E-state index in [1.54, 1.807) is 0 Å². The van der Waals surface area contributed by atoms with Gasteiger partial charge in [-0.15, -0.1) is 0 Å². The van der Waals surface area contributed by atoms with E-state index < -0.39 is 0 Å². The average molecular weight is 409 g/mol. The number of carbonyl (C=O) groups excluding carboxylic acids is 1. The monoisotopic (exact) mass is 408 g/mol. The summed E-state index contributed by atoms with van der Waals surface area (Å²) >= 11 is 0. The predicted molar refractivity (Wildman–Crippen MR) is 111 cm³/mol. The van der Waals surface area contributed by atoms with E-state index >= 15 is 0 Å². The number of benzene rings is 1. The fourth-order valence-electron chi connectivity index (χ4n) is 5.27. The van der Waals surface area contributed by atoms with Gasteiger partial charge in [-0.3, -0.25) is 14.4 Å². The first-order valence-electron chi connectivity index (χ1n) is 11.0. The van der Waals surface area contributed by atoms with Crippen LogP contribution < -0.4 is 9.47 Å². The van der Waals surface area contributed by atoms with E-state index in [9.17, 15) is 4.79 Å². The minimum atomic E-state index is -0.0157. The molecule has 158 valence electrons. The van der Waals surface area contributed by atoms with Crippen LogP contribution in [0, 0.1) is 5.92 Å². The Balaban J connectivity index is 1.19. The zero-order chi connectivity index (χ0) is 20.3. The number of fused-ring (bicyclic) bond motifs is 3. The summed E-state index contributed by atoms with van der Waals surface area (Å²) < 4.78 is 13.0. The molecular formula is C23H28N4O3. The van der Waals surface area contributed by atoms with E-state index in [0.29, 0.717) is 6.79 Å². The molecule has 4 heterocycles. The lowest BCUT2D eigenvalue weighted by molar-refractivity contribution is 0.0628. The maximum Gasteiger partial charge on any atom is 0.257 e. The van der Waals surface area contributed by atoms with Gasteiger partial charge in [-0.25, -0.2) is 0 Å². The third kappa shape index (κ3) is 3.07. The second-order valence-electron chi connectivity index (χ2n) is 9.46. The second kappa shape index (κ2) is 6.74. The van der Waals surface area contributed by atoms with Crippen molar-refractivity contribution in [2.24, 2.45) is 5.92 Å². The van der Waals surface area contributed by atoms with Gasteiger partial charge in [0.1, 0.15) is 0 Å². The van der Waals surface area contributed by atoms with Gasteiger partial charge in [0.25, 0.3) is 5.91 Å². The summed E-state index contributed by atoms with van der Waals surface area (Å²) in [5.41, 5.74) is 3.11. The lowest BCUT2D eigenvalue weighted by atomic mass is 9.72. The highest BCUT2D eigenvalue weighted by Crippen LogP contribution is 2.42. The summed E-state index contributed by atoms with van der Waals surface area (Å²) in [4.78, 5) is 17.2. The number of carbonyl (C=O) groups is 1. The van der Waals surface area contributed by atoms with Gasteiger partial charge in [-0.2, -0.15) is 5.10 Å². The summed E-state index contributed by atoms with van der Waals surface area (Å²) in [6.45, 7) is 4.96. The summed E-state index contributed by atoms with van der Waals surface area (Å²) in [5, 5.41) is 4.96. The number of hydrogen-bond donors (Lipinski definition) is 0. The molecule has 30 heavy (non-hydrogen) atoms. The van der Waals surface area contributed by atoms with Crippen LogP contribution in [0.3, 0.4) is 0 Å². The Kier molecular flexibility index (Phi) is 4.10. The zero-order valence-corrected chi connectivity index (χ0v) is 17.5. The Hall–Kier alpha value is -2.54. The molecule has 6 rings (SSSR count). The van der Waals surface area contributed by atoms with Gasteiger partial charge < -0.3 is 14.4 Å². The van der Waals surface area contributed by atoms with Crippen molar-refractivity contribution in [1.29, 1.82) is 0 Å². The van der Waals surface area contributed by atoms with Crippen molar-refractivity contribution in [3.05, 3.63) is 41.2 Å². The van der Waals surface area contributed by atoms with Crippen LogP contribution in [0.25, 0.3) is 0 Å². The number of rotatable bonds is 4. The molecule has 7 heteroatoms. The first kappa shape index (κ1) is 18.2. The molecule has 1 saturated carbocycles. The van der Waals surface area contributed by atoms with Crippen LogP contribution in [0.2, 0.25) is 0 Å². The number of hydrogen-bond acceptors (Lipinski definition) is 5. The lowest BCUT2D eigenvalue weighted by Gasteiger charge is -2.45. The molecule has 1 aromatic heterocycles. The van der Waals surface area contributed by atoms with Crippen molar-refractivity contribution in [3.8, 4) is 11.5 Å². The van der Waals surface area contributed by atoms with Crippen LogP contribution in [0.4, 0.5) is 0 Å². The number of likely N-dealkylation sites (N-methyl/N-ethyl adjacent to an activating group) is 1. The molecule has 2 aromatic rings. The van der Waals surface area contributed by atoms with E-state index in [4.69, 9.17) is 14.6 Å². The molecule has 1 spiro atoms. The quantitative estimate of drug-likeness (QED) is 0.778. The van der Waals surface area contributed by atoms with Crippen molar-refractivity contribution in [2.45, 2.75) is 44.2 Å². The fourth-order valence-corrected chi connectivity index (χ4v) is 5.27. The SMILES string of the molecule is CN1CC2(CCN(Cc3ccc4c(c3)OCO4)CC2)c2nn(CC3CC3)cc2C1=O. The highest BCUT2D eigenvalue weighted by molar-refractivity contribution is 5.96. The normalized spacial score (nSPS) is 22.6. The highest BCUT2D eigenvalue weighted by Gasteiger charge is 2.46. The standard InChI is InChI=1S/C23H28N4O3/c1-25-14-23(21-18(22(25)28)13-27(24-21)12-16-2-3-16)6-8-26(9-7-23)11-17-4-5-19-20(10-17)30-15-29-19/h4-5,10,13,16H,2-3,6-9,11-12,14-15H2,1H3. The van der Waals surface area contributed by atoms with Crippen LogP contribution in [0.5, 0.6) is 11.5 Å². The Morgan fingerprint density at radius 3 is 2.77 bits per heavy atom. The molecule has 3 aliphatic heterocycles. The number of piperidine rings is 1. The van der Waals surface area contributed by atoms with Crippen LogP contribution in [0.1, 0.15) is 47.3 Å². The summed E-state index contributed by atoms with van der Waals surface area (Å²) in [5.74, 6) is 2.55. The second-order valence-corrected chi connectivity index (χ2v) is 9.46. The first-order chi connectivity index (χ1) is 14.6. The highest BCUT2D eigenvalue weighted by atomic mass is 16.7. The van der Waals surface area contributed by atoms with Gasteiger partial charge in [0, 0.05) is 38.3 Å². The minimum absolute atomic E-state index is 0.0157. The topological polar surface area (TPSA) is 59.8 Å². The van der Waals surface area contributed by atoms with Crippen molar-refractivity contribution in [3.63, 3.8) is 0 Å². The van der Waals surface area contributed by atoms with Crippen molar-refractivity contribution in [1.82, 2.24) is 19.6 Å². The van der Waals surface area contributed by atoms with Crippen LogP contribution >= 0.6 is 0 Å². The zero-order valence-electron chi connectivity index (χ0n) is 17.5. The van der Waals surface area contributed by atoms with Crippen LogP contribution in [-0.4, -0.2) is 59.0 Å². The van der Waals surface area contributed by atoms with E-state index in [1.807, 2.05) is 28.9 Å². The fraction of sp³-hybridized carbons (Fsp3) is 0.565. The molecule has 2 fully saturated rings. The lowest BCUT2D eigenvalue weighted by Crippen LogP contribution is -2.53. The largest absolute Gasteiger partial charge is 0.454 e. The number of likely N-dealkylation sites (tertiary alicyclic amines) is 1. The third-order valence-electron chi connectivity index (χ3n) is 7.18. The number of aromatic nitrogens is 2. The van der Waals surface area contributed by atoms with Crippen LogP contribution in [0.15, 0.2) is 24.4 Å². The molecule has 0 radical (unpaired) electrons. The van der Waals surface area contributed by atoms with Gasteiger partial charge in [-0.05, 0) is 62.4 Å². The van der Waals surface area contributed by atoms with Gasteiger partial charge in [0.2, 0.25) is 6.79 Å². The Bertz CT molecular complexity index is 988. The molecular weight excluding hydrogens is 380 g/mol. The molecule has 0 bridgehead atoms. The van der Waals surface area contributed by atoms with Crippen molar-refractivity contribution < 1.29 is 14.3 Å². The molecule has 0 N–H and O–H groups in total. The first-order valence-corrected chi connectivity index (χ1v) is 11.0. The molecule has 4 aliphatic rings. The molecule has 1 aromatic carbocycles.